The maximum absolute atomic E-state index is 15.0. The van der Waals surface area contributed by atoms with Crippen molar-refractivity contribution in [2.75, 3.05) is 36.5 Å². The molecule has 0 bridgehead atoms. The van der Waals surface area contributed by atoms with Crippen LogP contribution in [0.5, 0.6) is 5.75 Å². The van der Waals surface area contributed by atoms with E-state index >= 15 is 0 Å². The van der Waals surface area contributed by atoms with E-state index in [-0.39, 0.29) is 76.7 Å². The zero-order chi connectivity index (χ0) is 30.5. The number of nitrogens with one attached hydrogen (secondary N) is 2. The topological polar surface area (TPSA) is 135 Å². The number of amides is 2. The lowest BCUT2D eigenvalue weighted by Crippen LogP contribution is -2.63. The van der Waals surface area contributed by atoms with E-state index in [1.54, 1.807) is 4.90 Å². The summed E-state index contributed by atoms with van der Waals surface area (Å²) >= 11 is 6.71. The Labute approximate surface area is 245 Å². The molecule has 0 spiro atoms. The first kappa shape index (κ1) is 28.8. The molecule has 218 valence electrons. The fourth-order valence-corrected chi connectivity index (χ4v) is 5.73. The first-order chi connectivity index (χ1) is 20.0. The van der Waals surface area contributed by atoms with Crippen molar-refractivity contribution in [2.45, 2.75) is 25.9 Å². The van der Waals surface area contributed by atoms with E-state index in [1.807, 2.05) is 13.8 Å². The monoisotopic (exact) mass is 593 g/mol. The van der Waals surface area contributed by atoms with E-state index < -0.39 is 17.4 Å². The van der Waals surface area contributed by atoms with Gasteiger partial charge in [0, 0.05) is 37.8 Å². The van der Waals surface area contributed by atoms with E-state index in [0.29, 0.717) is 11.1 Å². The highest BCUT2D eigenvalue weighted by Gasteiger charge is 2.44. The summed E-state index contributed by atoms with van der Waals surface area (Å²) in [5.74, 6) is -1.65. The molecule has 0 radical (unpaired) electrons. The number of allylic oxidation sites excluding steroid dienone is 1. The van der Waals surface area contributed by atoms with Gasteiger partial charge < -0.3 is 30.5 Å². The molecule has 2 aliphatic rings. The van der Waals surface area contributed by atoms with Crippen molar-refractivity contribution in [1.29, 1.82) is 5.41 Å². The van der Waals surface area contributed by atoms with Crippen LogP contribution in [-0.2, 0) is 9.59 Å². The molecule has 0 unspecified atom stereocenters. The Bertz CT molecular complexity index is 1730. The lowest BCUT2D eigenvalue weighted by molar-refractivity contribution is -0.128. The Balaban J connectivity index is 1.88. The zero-order valence-corrected chi connectivity index (χ0v) is 23.9. The van der Waals surface area contributed by atoms with Gasteiger partial charge >= 0.3 is 0 Å². The number of benzene rings is 1. The van der Waals surface area contributed by atoms with Crippen molar-refractivity contribution >= 4 is 57.9 Å². The van der Waals surface area contributed by atoms with Crippen LogP contribution in [0.15, 0.2) is 47.8 Å². The summed E-state index contributed by atoms with van der Waals surface area (Å²) in [6.07, 6.45) is 3.57. The molecular weight excluding hydrogens is 565 g/mol. The van der Waals surface area contributed by atoms with Gasteiger partial charge in [-0.15, -0.1) is 0 Å². The second-order valence-corrected chi connectivity index (χ2v) is 10.7. The molecule has 0 saturated carbocycles. The summed E-state index contributed by atoms with van der Waals surface area (Å²) in [5.41, 5.74) is -0.430. The average Bonchev–Trinajstić information content (AvgIpc) is 2.95. The number of pyridine rings is 2. The number of anilines is 2. The van der Waals surface area contributed by atoms with Gasteiger partial charge in [-0.3, -0.25) is 14.4 Å². The Hall–Kier alpha value is -4.71. The average molecular weight is 594 g/mol. The van der Waals surface area contributed by atoms with E-state index in [0.717, 1.165) is 12.3 Å². The molecule has 0 aliphatic carbocycles. The predicted octanol–water partition coefficient (Wildman–Crippen LogP) is 3.19. The Morgan fingerprint density at radius 2 is 2.02 bits per heavy atom. The number of nitrogens with zero attached hydrogens (tertiary/aromatic N) is 5. The minimum Gasteiger partial charge on any atom is -0.507 e. The quantitative estimate of drug-likeness (QED) is 0.295. The second-order valence-electron chi connectivity index (χ2n) is 10.3. The number of fused-ring (bicyclic) bond motifs is 5. The van der Waals surface area contributed by atoms with Gasteiger partial charge in [0.2, 0.25) is 5.91 Å². The van der Waals surface area contributed by atoms with Crippen LogP contribution in [-0.4, -0.2) is 76.4 Å². The maximum Gasteiger partial charge on any atom is 0.284 e. The van der Waals surface area contributed by atoms with Gasteiger partial charge in [-0.1, -0.05) is 24.2 Å². The number of aromatic nitrogens is 2. The summed E-state index contributed by atoms with van der Waals surface area (Å²) < 4.78 is 16.2. The summed E-state index contributed by atoms with van der Waals surface area (Å²) in [7, 11) is 1.49. The SMILES string of the molecule is C=CC(=O)N1CCN2c3c(c(=O)n(/C(=C/C=N)NC(C)C)c4nc(-c5c(O)cccc5F)c(Cl)cc34)N(C)C(=O)[C@H]2C1. The Morgan fingerprint density at radius 3 is 2.67 bits per heavy atom. The summed E-state index contributed by atoms with van der Waals surface area (Å²) in [4.78, 5) is 49.6. The van der Waals surface area contributed by atoms with Gasteiger partial charge in [0.15, 0.2) is 5.65 Å². The van der Waals surface area contributed by atoms with Crippen LogP contribution in [0, 0.1) is 11.2 Å². The number of rotatable bonds is 6. The van der Waals surface area contributed by atoms with Gasteiger partial charge in [0.1, 0.15) is 29.1 Å². The van der Waals surface area contributed by atoms with Crippen molar-refractivity contribution in [3.05, 3.63) is 64.2 Å². The molecule has 1 fully saturated rings. The standard InChI is InChI=1S/C29H29ClFN7O4/c1-5-22(40)36-11-12-37-19(14-36)28(41)35(4)26-25(37)16-13-17(30)24(23-18(31)7-6-8-20(23)39)34-27(16)38(29(26)42)21(9-10-32)33-15(2)3/h5-10,13,15,19,32-33,39H,1,11-12,14H2,2-4H3/b21-9+,32-10?/t19-/m1/s1. The summed E-state index contributed by atoms with van der Waals surface area (Å²) in [6, 6.07) is 4.37. The molecule has 1 saturated heterocycles. The van der Waals surface area contributed by atoms with Gasteiger partial charge in [-0.2, -0.15) is 0 Å². The van der Waals surface area contributed by atoms with E-state index in [1.165, 1.54) is 51.8 Å². The maximum atomic E-state index is 15.0. The number of carbonyl (C=O) groups is 2. The minimum absolute atomic E-state index is 0.00118. The van der Waals surface area contributed by atoms with Gasteiger partial charge in [-0.05, 0) is 44.2 Å². The molecule has 13 heteroatoms. The molecule has 4 heterocycles. The number of carbonyl (C=O) groups excluding carboxylic acids is 2. The number of hydrogen-bond donors (Lipinski definition) is 3. The Kier molecular flexibility index (Phi) is 7.50. The van der Waals surface area contributed by atoms with Gasteiger partial charge in [0.05, 0.1) is 28.5 Å². The third-order valence-corrected chi connectivity index (χ3v) is 7.59. The van der Waals surface area contributed by atoms with E-state index in [9.17, 15) is 23.9 Å². The van der Waals surface area contributed by atoms with Crippen molar-refractivity contribution in [3.63, 3.8) is 0 Å². The molecule has 3 N–H and O–H groups in total. The predicted molar refractivity (Wildman–Crippen MR) is 161 cm³/mol. The number of likely N-dealkylation sites (N-methyl/N-ethyl adjacent to an activating group) is 1. The number of halogens is 2. The van der Waals surface area contributed by atoms with Crippen LogP contribution >= 0.6 is 11.6 Å². The van der Waals surface area contributed by atoms with Crippen LogP contribution in [0.2, 0.25) is 5.02 Å². The molecule has 2 amide bonds. The van der Waals surface area contributed by atoms with Crippen LogP contribution in [0.1, 0.15) is 13.8 Å². The van der Waals surface area contributed by atoms with Crippen LogP contribution in [0.3, 0.4) is 0 Å². The van der Waals surface area contributed by atoms with E-state index in [4.69, 9.17) is 17.0 Å². The first-order valence-electron chi connectivity index (χ1n) is 13.2. The lowest BCUT2D eigenvalue weighted by Gasteiger charge is -2.47. The van der Waals surface area contributed by atoms with Gasteiger partial charge in [-0.25, -0.2) is 13.9 Å². The van der Waals surface area contributed by atoms with Crippen molar-refractivity contribution in [2.24, 2.45) is 0 Å². The van der Waals surface area contributed by atoms with Crippen molar-refractivity contribution in [3.8, 4) is 17.0 Å². The highest BCUT2D eigenvalue weighted by atomic mass is 35.5. The molecular formula is C29H29ClFN7O4. The largest absolute Gasteiger partial charge is 0.507 e. The third kappa shape index (κ3) is 4.57. The highest BCUT2D eigenvalue weighted by Crippen LogP contribution is 2.43. The van der Waals surface area contributed by atoms with Crippen LogP contribution in [0.4, 0.5) is 15.8 Å². The molecule has 2 aromatic heterocycles. The first-order valence-corrected chi connectivity index (χ1v) is 13.6. The molecule has 1 atom stereocenters. The zero-order valence-electron chi connectivity index (χ0n) is 23.2. The van der Waals surface area contributed by atoms with Crippen molar-refractivity contribution in [1.82, 2.24) is 19.8 Å². The van der Waals surface area contributed by atoms with Crippen LogP contribution in [0.25, 0.3) is 28.1 Å². The summed E-state index contributed by atoms with van der Waals surface area (Å²) in [5, 5.41) is 21.8. The molecule has 42 heavy (non-hydrogen) atoms. The Morgan fingerprint density at radius 1 is 1.29 bits per heavy atom. The van der Waals surface area contributed by atoms with Crippen molar-refractivity contribution < 1.29 is 19.1 Å². The second kappa shape index (κ2) is 10.9. The molecule has 2 aliphatic heterocycles. The third-order valence-electron chi connectivity index (χ3n) is 7.30. The number of piperazine rings is 1. The van der Waals surface area contributed by atoms with Crippen LogP contribution < -0.4 is 20.7 Å². The molecule has 5 rings (SSSR count). The number of aromatic hydroxyl groups is 1. The number of phenols is 1. The minimum atomic E-state index is -0.793. The molecule has 1 aromatic carbocycles. The molecule has 3 aromatic rings. The number of hydrogen-bond acceptors (Lipinski definition) is 8. The normalized spacial score (nSPS) is 16.9. The van der Waals surface area contributed by atoms with Gasteiger partial charge in [0.25, 0.3) is 11.5 Å². The van der Waals surface area contributed by atoms with E-state index in [2.05, 4.69) is 16.9 Å². The summed E-state index contributed by atoms with van der Waals surface area (Å²) in [6.45, 7) is 7.82. The lowest BCUT2D eigenvalue weighted by atomic mass is 10.0. The fraction of sp³-hybridized carbons (Fsp3) is 0.276. The fourth-order valence-electron chi connectivity index (χ4n) is 5.48. The molecule has 11 nitrogen and oxygen atoms in total. The number of phenolic OH excluding ortho intramolecular Hbond substituents is 1. The highest BCUT2D eigenvalue weighted by molar-refractivity contribution is 6.34. The smallest absolute Gasteiger partial charge is 0.284 e.